The van der Waals surface area contributed by atoms with Gasteiger partial charge in [-0.2, -0.15) is 0 Å². The molecule has 0 saturated heterocycles. The number of aliphatic hydroxyl groups is 1. The highest BCUT2D eigenvalue weighted by molar-refractivity contribution is 9.10. The predicted octanol–water partition coefficient (Wildman–Crippen LogP) is 5.15. The van der Waals surface area contributed by atoms with Crippen molar-refractivity contribution in [3.63, 3.8) is 0 Å². The topological polar surface area (TPSA) is 32.3 Å². The van der Waals surface area contributed by atoms with E-state index in [0.29, 0.717) is 6.04 Å². The summed E-state index contributed by atoms with van der Waals surface area (Å²) in [5.74, 6) is 0.197. The lowest BCUT2D eigenvalue weighted by Crippen LogP contribution is -2.45. The summed E-state index contributed by atoms with van der Waals surface area (Å²) in [5, 5.41) is 15.1. The fraction of sp³-hybridized carbons (Fsp3) is 0.700. The van der Waals surface area contributed by atoms with Crippen molar-refractivity contribution in [2.75, 3.05) is 6.54 Å². The molecule has 0 radical (unpaired) electrons. The van der Waals surface area contributed by atoms with Crippen LogP contribution < -0.4 is 5.32 Å². The van der Waals surface area contributed by atoms with Crippen molar-refractivity contribution in [3.05, 3.63) is 34.3 Å². The molecule has 2 aliphatic carbocycles. The molecular weight excluding hydrogens is 350 g/mol. The molecule has 0 aromatic heterocycles. The summed E-state index contributed by atoms with van der Waals surface area (Å²) < 4.78 is 1.11. The van der Waals surface area contributed by atoms with Gasteiger partial charge in [0, 0.05) is 23.0 Å². The van der Waals surface area contributed by atoms with Crippen LogP contribution in [-0.2, 0) is 0 Å². The number of rotatable bonds is 5. The maximum atomic E-state index is 11.3. The van der Waals surface area contributed by atoms with Gasteiger partial charge in [0.1, 0.15) is 0 Å². The first-order valence-electron chi connectivity index (χ1n) is 9.39. The van der Waals surface area contributed by atoms with E-state index >= 15 is 0 Å². The van der Waals surface area contributed by atoms with Crippen molar-refractivity contribution in [2.24, 2.45) is 0 Å². The van der Waals surface area contributed by atoms with Gasteiger partial charge in [-0.3, -0.25) is 0 Å². The lowest BCUT2D eigenvalue weighted by atomic mass is 9.72. The number of nitrogens with one attached hydrogen (secondary N) is 1. The average Bonchev–Trinajstić information content (AvgIpc) is 2.56. The smallest absolute Gasteiger partial charge is 0.0728 e. The highest BCUT2D eigenvalue weighted by atomic mass is 79.9. The maximum Gasteiger partial charge on any atom is 0.0728 e. The van der Waals surface area contributed by atoms with Crippen LogP contribution in [0.25, 0.3) is 0 Å². The van der Waals surface area contributed by atoms with Crippen LogP contribution in [0.1, 0.15) is 75.7 Å². The summed E-state index contributed by atoms with van der Waals surface area (Å²) in [6, 6.07) is 9.19. The Kier molecular flexibility index (Phi) is 6.17. The van der Waals surface area contributed by atoms with E-state index in [1.165, 1.54) is 44.1 Å². The molecule has 0 bridgehead atoms. The molecule has 2 fully saturated rings. The molecule has 2 aliphatic rings. The van der Waals surface area contributed by atoms with Crippen LogP contribution in [0.4, 0.5) is 0 Å². The van der Waals surface area contributed by atoms with Gasteiger partial charge in [0.05, 0.1) is 5.60 Å². The minimum atomic E-state index is -0.541. The summed E-state index contributed by atoms with van der Waals surface area (Å²) in [5.41, 5.74) is 0.729. The molecule has 1 atom stereocenters. The van der Waals surface area contributed by atoms with Crippen LogP contribution in [0.3, 0.4) is 0 Å². The van der Waals surface area contributed by atoms with Crippen molar-refractivity contribution >= 4 is 15.9 Å². The van der Waals surface area contributed by atoms with Gasteiger partial charge in [0.15, 0.2) is 0 Å². The molecule has 2 saturated carbocycles. The first kappa shape index (κ1) is 17.4. The van der Waals surface area contributed by atoms with Crippen LogP contribution in [0.5, 0.6) is 0 Å². The Labute approximate surface area is 149 Å². The molecular formula is C20H30BrNO. The van der Waals surface area contributed by atoms with Crippen LogP contribution in [0.15, 0.2) is 28.7 Å². The van der Waals surface area contributed by atoms with E-state index < -0.39 is 5.60 Å². The molecule has 0 spiro atoms. The van der Waals surface area contributed by atoms with Crippen molar-refractivity contribution in [3.8, 4) is 0 Å². The van der Waals surface area contributed by atoms with Crippen molar-refractivity contribution in [1.82, 2.24) is 5.32 Å². The number of halogens is 1. The largest absolute Gasteiger partial charge is 0.389 e. The van der Waals surface area contributed by atoms with E-state index in [1.54, 1.807) is 0 Å². The Hall–Kier alpha value is -0.380. The third-order valence-electron chi connectivity index (χ3n) is 5.83. The summed E-state index contributed by atoms with van der Waals surface area (Å²) >= 11 is 3.60. The van der Waals surface area contributed by atoms with Crippen LogP contribution >= 0.6 is 15.9 Å². The Morgan fingerprint density at radius 3 is 2.48 bits per heavy atom. The highest BCUT2D eigenvalue weighted by Crippen LogP contribution is 2.40. The number of hydrogen-bond donors (Lipinski definition) is 2. The van der Waals surface area contributed by atoms with Gasteiger partial charge < -0.3 is 10.4 Å². The Morgan fingerprint density at radius 2 is 1.78 bits per heavy atom. The SMILES string of the molecule is OC1(C(CNC2CCCCC2)c2cccc(Br)c2)CCCCC1. The van der Waals surface area contributed by atoms with E-state index in [0.717, 1.165) is 36.7 Å². The summed E-state index contributed by atoms with van der Waals surface area (Å²) in [4.78, 5) is 0. The molecule has 1 aromatic carbocycles. The molecule has 1 aromatic rings. The van der Waals surface area contributed by atoms with Gasteiger partial charge in [-0.05, 0) is 43.4 Å². The van der Waals surface area contributed by atoms with Crippen LogP contribution in [0, 0.1) is 0 Å². The van der Waals surface area contributed by atoms with Gasteiger partial charge in [-0.1, -0.05) is 66.6 Å². The van der Waals surface area contributed by atoms with Gasteiger partial charge in [-0.15, -0.1) is 0 Å². The third kappa shape index (κ3) is 4.58. The zero-order chi connectivity index (χ0) is 16.1. The van der Waals surface area contributed by atoms with Crippen molar-refractivity contribution < 1.29 is 5.11 Å². The zero-order valence-corrected chi connectivity index (χ0v) is 15.7. The summed E-state index contributed by atoms with van der Waals surface area (Å²) in [7, 11) is 0. The average molecular weight is 380 g/mol. The van der Waals surface area contributed by atoms with Crippen LogP contribution in [0.2, 0.25) is 0 Å². The molecule has 3 heteroatoms. The lowest BCUT2D eigenvalue weighted by Gasteiger charge is -2.40. The second-order valence-corrected chi connectivity index (χ2v) is 8.43. The fourth-order valence-corrected chi connectivity index (χ4v) is 4.86. The summed E-state index contributed by atoms with van der Waals surface area (Å²) in [6.07, 6.45) is 12.1. The minimum Gasteiger partial charge on any atom is -0.389 e. The first-order chi connectivity index (χ1) is 11.2. The second-order valence-electron chi connectivity index (χ2n) is 7.52. The molecule has 0 amide bonds. The fourth-order valence-electron chi connectivity index (χ4n) is 4.45. The van der Waals surface area contributed by atoms with E-state index in [1.807, 2.05) is 0 Å². The maximum absolute atomic E-state index is 11.3. The van der Waals surface area contributed by atoms with Gasteiger partial charge in [0.25, 0.3) is 0 Å². The van der Waals surface area contributed by atoms with Gasteiger partial charge in [0.2, 0.25) is 0 Å². The zero-order valence-electron chi connectivity index (χ0n) is 14.1. The minimum absolute atomic E-state index is 0.197. The Bertz CT molecular complexity index is 492. The molecule has 0 aliphatic heterocycles. The monoisotopic (exact) mass is 379 g/mol. The molecule has 1 unspecified atom stereocenters. The molecule has 2 N–H and O–H groups in total. The van der Waals surface area contributed by atoms with Gasteiger partial charge >= 0.3 is 0 Å². The molecule has 2 nitrogen and oxygen atoms in total. The van der Waals surface area contributed by atoms with Crippen molar-refractivity contribution in [1.29, 1.82) is 0 Å². The van der Waals surface area contributed by atoms with E-state index in [2.05, 4.69) is 45.5 Å². The first-order valence-corrected chi connectivity index (χ1v) is 10.2. The normalized spacial score (nSPS) is 23.6. The second kappa shape index (κ2) is 8.13. The van der Waals surface area contributed by atoms with Gasteiger partial charge in [-0.25, -0.2) is 0 Å². The highest BCUT2D eigenvalue weighted by Gasteiger charge is 2.38. The molecule has 23 heavy (non-hydrogen) atoms. The van der Waals surface area contributed by atoms with E-state index in [-0.39, 0.29) is 5.92 Å². The standard InChI is InChI=1S/C20H30BrNO/c21-17-9-7-8-16(14-17)19(20(23)12-5-2-6-13-20)15-22-18-10-3-1-4-11-18/h7-9,14,18-19,22-23H,1-6,10-13,15H2. The van der Waals surface area contributed by atoms with E-state index in [4.69, 9.17) is 0 Å². The third-order valence-corrected chi connectivity index (χ3v) is 6.33. The molecule has 128 valence electrons. The number of hydrogen-bond acceptors (Lipinski definition) is 2. The molecule has 0 heterocycles. The van der Waals surface area contributed by atoms with Crippen LogP contribution in [-0.4, -0.2) is 23.3 Å². The lowest BCUT2D eigenvalue weighted by molar-refractivity contribution is -0.0223. The quantitative estimate of drug-likeness (QED) is 0.740. The molecule has 3 rings (SSSR count). The van der Waals surface area contributed by atoms with Crippen molar-refractivity contribution in [2.45, 2.75) is 81.8 Å². The van der Waals surface area contributed by atoms with E-state index in [9.17, 15) is 5.11 Å². The number of benzene rings is 1. The Morgan fingerprint density at radius 1 is 1.09 bits per heavy atom. The predicted molar refractivity (Wildman–Crippen MR) is 99.8 cm³/mol. The summed E-state index contributed by atoms with van der Waals surface area (Å²) in [6.45, 7) is 0.900. The Balaban J connectivity index is 1.75.